The van der Waals surface area contributed by atoms with Crippen LogP contribution < -0.4 is 0 Å². The summed E-state index contributed by atoms with van der Waals surface area (Å²) in [5.74, 6) is -2.16. The Hall–Kier alpha value is -3.33. The van der Waals surface area contributed by atoms with E-state index in [9.17, 15) is 29.7 Å². The van der Waals surface area contributed by atoms with Gasteiger partial charge in [0.1, 0.15) is 29.8 Å². The van der Waals surface area contributed by atoms with Crippen LogP contribution in [0.2, 0.25) is 0 Å². The Morgan fingerprint density at radius 1 is 1.29 bits per heavy atom. The number of aliphatic hydroxyl groups is 1. The maximum absolute atomic E-state index is 12.8. The molecule has 9 heteroatoms. The molecule has 1 aliphatic heterocycles. The first-order valence-electron chi connectivity index (χ1n) is 9.67. The van der Waals surface area contributed by atoms with Crippen LogP contribution in [-0.2, 0) is 23.8 Å². The van der Waals surface area contributed by atoms with Gasteiger partial charge in [-0.25, -0.2) is 4.79 Å². The van der Waals surface area contributed by atoms with Crippen molar-refractivity contribution in [2.45, 2.75) is 44.8 Å². The minimum atomic E-state index is -1.99. The van der Waals surface area contributed by atoms with Crippen molar-refractivity contribution in [3.05, 3.63) is 46.2 Å². The summed E-state index contributed by atoms with van der Waals surface area (Å²) in [4.78, 5) is 36.9. The smallest absolute Gasteiger partial charge is 0.342 e. The molecule has 166 valence electrons. The van der Waals surface area contributed by atoms with Crippen LogP contribution in [0.15, 0.2) is 35.1 Å². The molecule has 0 unspecified atom stereocenters. The summed E-state index contributed by atoms with van der Waals surface area (Å²) in [5, 5.41) is 30.4. The molecule has 0 aromatic heterocycles. The zero-order chi connectivity index (χ0) is 22.9. The zero-order valence-corrected chi connectivity index (χ0v) is 17.4. The predicted molar refractivity (Wildman–Crippen MR) is 106 cm³/mol. The Balaban J connectivity index is 1.84. The summed E-state index contributed by atoms with van der Waals surface area (Å²) in [6.07, 6.45) is 0.824. The van der Waals surface area contributed by atoms with E-state index in [1.165, 1.54) is 27.0 Å². The number of carbonyl (C=O) groups is 3. The average molecular weight is 432 g/mol. The van der Waals surface area contributed by atoms with Crippen molar-refractivity contribution in [2.24, 2.45) is 0 Å². The van der Waals surface area contributed by atoms with Crippen LogP contribution in [0.1, 0.15) is 42.1 Å². The lowest BCUT2D eigenvalue weighted by molar-refractivity contribution is -0.146. The molecule has 1 aliphatic carbocycles. The molecule has 0 fully saturated rings. The van der Waals surface area contributed by atoms with Gasteiger partial charge >= 0.3 is 11.9 Å². The van der Waals surface area contributed by atoms with E-state index in [-0.39, 0.29) is 48.3 Å². The number of ether oxygens (including phenoxy) is 3. The minimum Gasteiger partial charge on any atom is -0.508 e. The van der Waals surface area contributed by atoms with Crippen LogP contribution in [0.25, 0.3) is 0 Å². The molecule has 31 heavy (non-hydrogen) atoms. The zero-order valence-electron chi connectivity index (χ0n) is 17.4. The maximum atomic E-state index is 12.8. The van der Waals surface area contributed by atoms with Crippen LogP contribution in [0, 0.1) is 6.92 Å². The molecule has 9 nitrogen and oxygen atoms in total. The first kappa shape index (κ1) is 22.4. The summed E-state index contributed by atoms with van der Waals surface area (Å²) in [5.41, 5.74) is -1.05. The Morgan fingerprint density at radius 2 is 2.00 bits per heavy atom. The summed E-state index contributed by atoms with van der Waals surface area (Å²) in [7, 11) is 1.29. The number of benzene rings is 1. The van der Waals surface area contributed by atoms with E-state index in [1.807, 2.05) is 0 Å². The number of methoxy groups -OCH3 is 1. The van der Waals surface area contributed by atoms with E-state index in [2.05, 4.69) is 4.74 Å². The van der Waals surface area contributed by atoms with Gasteiger partial charge < -0.3 is 29.5 Å². The van der Waals surface area contributed by atoms with Crippen molar-refractivity contribution >= 4 is 17.7 Å². The highest BCUT2D eigenvalue weighted by Crippen LogP contribution is 2.37. The Labute approximate surface area is 178 Å². The third-order valence-corrected chi connectivity index (χ3v) is 5.45. The number of hydrogen-bond donors (Lipinski definition) is 3. The largest absolute Gasteiger partial charge is 0.508 e. The van der Waals surface area contributed by atoms with E-state index in [1.54, 1.807) is 6.08 Å². The van der Waals surface area contributed by atoms with Crippen molar-refractivity contribution < 1.29 is 43.9 Å². The number of carbonyl (C=O) groups excluding carboxylic acids is 3. The van der Waals surface area contributed by atoms with Crippen molar-refractivity contribution in [1.82, 2.24) is 0 Å². The second-order valence-corrected chi connectivity index (χ2v) is 7.71. The molecule has 1 aromatic carbocycles. The number of aromatic hydroxyl groups is 2. The Kier molecular flexibility index (Phi) is 6.08. The molecule has 1 aromatic rings. The fraction of sp³-hybridized carbons (Fsp3) is 0.409. The van der Waals surface area contributed by atoms with Gasteiger partial charge in [-0.3, -0.25) is 9.59 Å². The van der Waals surface area contributed by atoms with Gasteiger partial charge in [0.25, 0.3) is 0 Å². The van der Waals surface area contributed by atoms with Gasteiger partial charge in [0.2, 0.25) is 0 Å². The van der Waals surface area contributed by atoms with Gasteiger partial charge in [-0.1, -0.05) is 0 Å². The summed E-state index contributed by atoms with van der Waals surface area (Å²) in [6.45, 7) is 2.71. The number of Topliss-reactive ketones (excluding diaryl/α,β-unsaturated/α-hetero) is 1. The molecular formula is C22H24O9. The molecule has 3 rings (SSSR count). The number of rotatable bonds is 5. The summed E-state index contributed by atoms with van der Waals surface area (Å²) < 4.78 is 15.6. The van der Waals surface area contributed by atoms with Gasteiger partial charge in [0.05, 0.1) is 19.3 Å². The molecular weight excluding hydrogens is 408 g/mol. The predicted octanol–water partition coefficient (Wildman–Crippen LogP) is 1.82. The van der Waals surface area contributed by atoms with Crippen LogP contribution in [0.5, 0.6) is 11.5 Å². The topological polar surface area (TPSA) is 140 Å². The van der Waals surface area contributed by atoms with Gasteiger partial charge in [0, 0.05) is 24.5 Å². The van der Waals surface area contributed by atoms with E-state index in [4.69, 9.17) is 9.47 Å². The molecule has 2 aliphatic rings. The first-order valence-corrected chi connectivity index (χ1v) is 9.67. The number of phenolic OH excluding ortho intramolecular Hbond substituents is 2. The number of ketones is 1. The molecule has 0 saturated heterocycles. The molecule has 1 heterocycles. The van der Waals surface area contributed by atoms with Crippen LogP contribution >= 0.6 is 0 Å². The number of aryl methyl sites for hydroxylation is 1. The van der Waals surface area contributed by atoms with Crippen molar-refractivity contribution in [1.29, 1.82) is 0 Å². The molecule has 0 amide bonds. The van der Waals surface area contributed by atoms with Crippen LogP contribution in [-0.4, -0.2) is 58.5 Å². The number of esters is 2. The lowest BCUT2D eigenvalue weighted by Crippen LogP contribution is -2.53. The van der Waals surface area contributed by atoms with E-state index in [0.717, 1.165) is 6.07 Å². The molecule has 0 saturated carbocycles. The van der Waals surface area contributed by atoms with E-state index in [0.29, 0.717) is 11.3 Å². The molecule has 2 atom stereocenters. The number of hydrogen-bond acceptors (Lipinski definition) is 9. The van der Waals surface area contributed by atoms with Crippen molar-refractivity contribution in [3.63, 3.8) is 0 Å². The number of allylic oxidation sites excluding steroid dienone is 2. The number of phenols is 2. The van der Waals surface area contributed by atoms with Gasteiger partial charge in [0.15, 0.2) is 11.4 Å². The highest BCUT2D eigenvalue weighted by molar-refractivity contribution is 6.05. The lowest BCUT2D eigenvalue weighted by atomic mass is 9.77. The highest BCUT2D eigenvalue weighted by atomic mass is 16.6. The fourth-order valence-electron chi connectivity index (χ4n) is 3.66. The van der Waals surface area contributed by atoms with Crippen molar-refractivity contribution in [3.8, 4) is 11.5 Å². The maximum Gasteiger partial charge on any atom is 0.342 e. The second kappa shape index (κ2) is 8.43. The third-order valence-electron chi connectivity index (χ3n) is 5.45. The van der Waals surface area contributed by atoms with E-state index < -0.39 is 35.2 Å². The highest BCUT2D eigenvalue weighted by Gasteiger charge is 2.48. The van der Waals surface area contributed by atoms with Gasteiger partial charge in [-0.15, -0.1) is 0 Å². The van der Waals surface area contributed by atoms with E-state index >= 15 is 0 Å². The SMILES string of the molecule is COC(=O)CCC1=CC2=C(CO1)C(=O)[C@@](C)(O)[C@@H](OC(=O)c1c(C)cc(O)cc1O)C2. The molecule has 0 radical (unpaired) electrons. The molecule has 0 spiro atoms. The minimum absolute atomic E-state index is 0.0444. The Morgan fingerprint density at radius 3 is 2.65 bits per heavy atom. The van der Waals surface area contributed by atoms with Gasteiger partial charge in [-0.2, -0.15) is 0 Å². The lowest BCUT2D eigenvalue weighted by Gasteiger charge is -2.38. The first-order chi connectivity index (χ1) is 14.5. The summed E-state index contributed by atoms with van der Waals surface area (Å²) in [6, 6.07) is 2.29. The monoisotopic (exact) mass is 432 g/mol. The normalized spacial score (nSPS) is 22.9. The van der Waals surface area contributed by atoms with Crippen molar-refractivity contribution in [2.75, 3.05) is 13.7 Å². The quantitative estimate of drug-likeness (QED) is 0.594. The molecule has 0 bridgehead atoms. The summed E-state index contributed by atoms with van der Waals surface area (Å²) >= 11 is 0. The second-order valence-electron chi connectivity index (χ2n) is 7.71. The Bertz CT molecular complexity index is 977. The molecule has 3 N–H and O–H groups in total. The standard InChI is InChI=1S/C22H24O9/c1-11-6-13(23)9-16(24)19(11)21(27)31-17-8-12-7-14(4-5-18(25)29-3)30-10-15(12)20(26)22(17,2)28/h6-7,9,17,23-24,28H,4-5,8,10H2,1-3H3/t17-,22-/m0/s1. The third kappa shape index (κ3) is 4.41. The van der Waals surface area contributed by atoms with Crippen LogP contribution in [0.4, 0.5) is 0 Å². The fourth-order valence-corrected chi connectivity index (χ4v) is 3.66. The van der Waals surface area contributed by atoms with Gasteiger partial charge in [-0.05, 0) is 37.1 Å². The van der Waals surface area contributed by atoms with Crippen LogP contribution in [0.3, 0.4) is 0 Å². The average Bonchev–Trinajstić information content (AvgIpc) is 2.69.